The van der Waals surface area contributed by atoms with Crippen LogP contribution in [0.5, 0.6) is 23.0 Å². The van der Waals surface area contributed by atoms with Gasteiger partial charge in [-0.1, -0.05) is 84.4 Å². The van der Waals surface area contributed by atoms with Crippen LogP contribution in [0.1, 0.15) is 32.6 Å². The monoisotopic (exact) mass is 737 g/mol. The Labute approximate surface area is 313 Å². The van der Waals surface area contributed by atoms with Gasteiger partial charge in [-0.25, -0.2) is 9.69 Å². The molecule has 2 amide bonds. The van der Waals surface area contributed by atoms with Gasteiger partial charge in [-0.15, -0.1) is 0 Å². The third kappa shape index (κ3) is 4.00. The second kappa shape index (κ2) is 11.6. The number of carbonyl (C=O) groups is 4. The number of rotatable bonds is 6. The minimum atomic E-state index is -1.68. The smallest absolute Gasteiger partial charge is 0.339 e. The molecule has 54 heavy (non-hydrogen) atoms. The number of amides is 2. The molecule has 266 valence electrons. The van der Waals surface area contributed by atoms with Crippen LogP contribution in [0.4, 0.5) is 5.69 Å². The van der Waals surface area contributed by atoms with Crippen molar-refractivity contribution in [3.8, 4) is 23.0 Å². The Morgan fingerprint density at radius 1 is 0.648 bits per heavy atom. The highest BCUT2D eigenvalue weighted by Crippen LogP contribution is 2.74. The maximum absolute atomic E-state index is 16.3. The fraction of sp³-hybridized carbons (Fsp3) is 0.163. The number of fused-ring (bicyclic) bond motifs is 7. The lowest BCUT2D eigenvalue weighted by molar-refractivity contribution is -0.130. The van der Waals surface area contributed by atoms with Gasteiger partial charge < -0.3 is 23.7 Å². The van der Waals surface area contributed by atoms with Crippen molar-refractivity contribution in [3.05, 3.63) is 148 Å². The average Bonchev–Trinajstić information content (AvgIpc) is 4.01. The van der Waals surface area contributed by atoms with Gasteiger partial charge in [0.05, 0.1) is 46.0 Å². The Morgan fingerprint density at radius 3 is 1.61 bits per heavy atom. The van der Waals surface area contributed by atoms with Gasteiger partial charge in [0, 0.05) is 0 Å². The lowest BCUT2D eigenvalue weighted by atomic mass is 9.59. The predicted octanol–water partition coefficient (Wildman–Crippen LogP) is 6.77. The highest BCUT2D eigenvalue weighted by Gasteiger charge is 2.83. The molecular weight excluding hydrogens is 710 g/mol. The number of hydrogen-bond donors (Lipinski definition) is 0. The molecule has 10 rings (SSSR count). The number of Topliss-reactive ketones (excluding diaryl/α,β-unsaturated/α-hetero) is 1. The number of nitrogens with zero attached hydrogens (tertiary/aromatic N) is 1. The van der Waals surface area contributed by atoms with Crippen molar-refractivity contribution >= 4 is 52.0 Å². The van der Waals surface area contributed by atoms with Gasteiger partial charge in [-0.2, -0.15) is 0 Å². The van der Waals surface area contributed by atoms with Crippen LogP contribution in [0.3, 0.4) is 0 Å². The molecule has 0 radical (unpaired) electrons. The van der Waals surface area contributed by atoms with E-state index in [-0.39, 0.29) is 35.6 Å². The number of imide groups is 1. The van der Waals surface area contributed by atoms with Crippen LogP contribution < -0.4 is 23.8 Å². The van der Waals surface area contributed by atoms with Crippen LogP contribution >= 0.6 is 11.6 Å². The van der Waals surface area contributed by atoms with Crippen molar-refractivity contribution < 1.29 is 42.9 Å². The third-order valence-electron chi connectivity index (χ3n) is 11.4. The van der Waals surface area contributed by atoms with Crippen LogP contribution in [-0.4, -0.2) is 44.3 Å². The highest BCUT2D eigenvalue weighted by molar-refractivity contribution is 6.39. The first-order valence-electron chi connectivity index (χ1n) is 17.3. The summed E-state index contributed by atoms with van der Waals surface area (Å²) in [7, 11) is 1.22. The van der Waals surface area contributed by atoms with E-state index in [9.17, 15) is 4.79 Å². The molecule has 0 spiro atoms. The van der Waals surface area contributed by atoms with Crippen LogP contribution in [0.25, 0.3) is 11.1 Å². The maximum atomic E-state index is 16.3. The summed E-state index contributed by atoms with van der Waals surface area (Å²) in [5.41, 5.74) is 0.255. The van der Waals surface area contributed by atoms with Crippen molar-refractivity contribution in [2.75, 3.05) is 25.6 Å². The first-order valence-corrected chi connectivity index (χ1v) is 17.7. The number of anilines is 1. The van der Waals surface area contributed by atoms with Gasteiger partial charge in [-0.3, -0.25) is 14.4 Å². The van der Waals surface area contributed by atoms with E-state index in [0.29, 0.717) is 56.4 Å². The molecule has 3 heterocycles. The molecule has 2 fully saturated rings. The predicted molar refractivity (Wildman–Crippen MR) is 195 cm³/mol. The second-order valence-corrected chi connectivity index (χ2v) is 14.1. The number of allylic oxidation sites excluding steroid dienone is 2. The zero-order valence-electron chi connectivity index (χ0n) is 28.5. The zero-order valence-corrected chi connectivity index (χ0v) is 29.3. The van der Waals surface area contributed by atoms with Crippen LogP contribution in [0.2, 0.25) is 5.02 Å². The fourth-order valence-electron chi connectivity index (χ4n) is 9.40. The van der Waals surface area contributed by atoms with Crippen molar-refractivity contribution in [1.29, 1.82) is 0 Å². The van der Waals surface area contributed by atoms with Crippen LogP contribution in [0.15, 0.2) is 115 Å². The molecule has 4 atom stereocenters. The molecule has 2 aliphatic carbocycles. The summed E-state index contributed by atoms with van der Waals surface area (Å²) in [5, 5.41) is 0.0958. The molecule has 2 bridgehead atoms. The summed E-state index contributed by atoms with van der Waals surface area (Å²) in [6.45, 7) is 0.0652. The number of esters is 1. The molecule has 1 saturated heterocycles. The van der Waals surface area contributed by atoms with Crippen molar-refractivity contribution in [2.24, 2.45) is 11.8 Å². The Balaban J connectivity index is 1.34. The first-order chi connectivity index (χ1) is 26.3. The number of methoxy groups -OCH3 is 1. The molecular formula is C43H28ClNO9. The van der Waals surface area contributed by atoms with E-state index in [4.69, 9.17) is 35.3 Å². The van der Waals surface area contributed by atoms with E-state index in [1.165, 1.54) is 25.3 Å². The van der Waals surface area contributed by atoms with Gasteiger partial charge in [0.2, 0.25) is 25.4 Å². The molecule has 5 aromatic carbocycles. The summed E-state index contributed by atoms with van der Waals surface area (Å²) in [4.78, 5) is 60.9. The first kappa shape index (κ1) is 32.3. The Bertz CT molecular complexity index is 2380. The van der Waals surface area contributed by atoms with E-state index >= 15 is 14.4 Å². The lowest BCUT2D eigenvalue weighted by Gasteiger charge is -2.39. The highest BCUT2D eigenvalue weighted by atomic mass is 35.5. The number of carbonyl (C=O) groups excluding carboxylic acids is 4. The number of halogens is 1. The molecule has 0 aromatic heterocycles. The van der Waals surface area contributed by atoms with E-state index in [2.05, 4.69) is 0 Å². The topological polar surface area (TPSA) is 118 Å². The molecule has 10 nitrogen and oxygen atoms in total. The van der Waals surface area contributed by atoms with Gasteiger partial charge in [0.1, 0.15) is 0 Å². The average molecular weight is 738 g/mol. The minimum absolute atomic E-state index is 0.0101. The lowest BCUT2D eigenvalue weighted by Crippen LogP contribution is -2.45. The normalized spacial score (nSPS) is 24.4. The summed E-state index contributed by atoms with van der Waals surface area (Å²) in [6, 6.07) is 33.7. The third-order valence-corrected chi connectivity index (χ3v) is 11.7. The SMILES string of the molecule is COC(=O)c1cc(N2C(=O)[C@@H]3[C@H](C2=O)[C@@]2(c4ccccc4)C(=O)[C@@]3(c3ccccc3)C(c3ccc4c(c3)OCO4)=C2c2ccc3c(c2)OCO3)ccc1Cl. The number of hydrogen-bond acceptors (Lipinski definition) is 9. The molecule has 0 N–H and O–H groups in total. The van der Waals surface area contributed by atoms with E-state index in [1.54, 1.807) is 12.1 Å². The molecule has 0 unspecified atom stereocenters. The van der Waals surface area contributed by atoms with Crippen molar-refractivity contribution in [3.63, 3.8) is 0 Å². The van der Waals surface area contributed by atoms with Gasteiger partial charge in [0.15, 0.2) is 28.8 Å². The van der Waals surface area contributed by atoms with E-state index < -0.39 is 40.4 Å². The minimum Gasteiger partial charge on any atom is -0.465 e. The summed E-state index contributed by atoms with van der Waals surface area (Å²) in [5.74, 6) is -2.52. The molecule has 5 aromatic rings. The number of ether oxygens (including phenoxy) is 5. The summed E-state index contributed by atoms with van der Waals surface area (Å²) in [6.07, 6.45) is 0. The van der Waals surface area contributed by atoms with E-state index in [0.717, 1.165) is 4.90 Å². The largest absolute Gasteiger partial charge is 0.465 e. The fourth-order valence-corrected chi connectivity index (χ4v) is 9.60. The molecule has 11 heteroatoms. The van der Waals surface area contributed by atoms with Gasteiger partial charge >= 0.3 is 5.97 Å². The van der Waals surface area contributed by atoms with Crippen LogP contribution in [-0.2, 0) is 30.0 Å². The van der Waals surface area contributed by atoms with E-state index in [1.807, 2.05) is 84.9 Å². The van der Waals surface area contributed by atoms with Gasteiger partial charge in [0.25, 0.3) is 0 Å². The molecule has 3 aliphatic heterocycles. The Morgan fingerprint density at radius 2 is 1.13 bits per heavy atom. The van der Waals surface area contributed by atoms with Crippen LogP contribution in [0, 0.1) is 11.8 Å². The summed E-state index contributed by atoms with van der Waals surface area (Å²) >= 11 is 6.40. The number of ketones is 1. The van der Waals surface area contributed by atoms with Crippen molar-refractivity contribution in [1.82, 2.24) is 0 Å². The Kier molecular flexibility index (Phi) is 6.91. The standard InChI is InChI=1S/C43H28ClNO9/c1-50-40(48)28-20-27(14-15-29(28)44)45-38(46)36-37(39(45)47)43(26-10-6-3-7-11-26)35(24-13-17-31-33(19-24)54-22-52-31)34(23-12-16-30-32(18-23)53-21-51-30)42(36,41(43)49)25-8-4-2-5-9-25/h2-20,36-37H,21-22H2,1H3/t36-,37+,42-,43-/m0/s1. The molecule has 5 aliphatic rings. The second-order valence-electron chi connectivity index (χ2n) is 13.7. The molecule has 1 saturated carbocycles. The van der Waals surface area contributed by atoms with Gasteiger partial charge in [-0.05, 0) is 75.9 Å². The Hall–Kier alpha value is -6.39. The zero-order chi connectivity index (χ0) is 36.9. The maximum Gasteiger partial charge on any atom is 0.339 e. The van der Waals surface area contributed by atoms with Crippen molar-refractivity contribution in [2.45, 2.75) is 10.8 Å². The number of benzene rings is 5. The summed E-state index contributed by atoms with van der Waals surface area (Å²) < 4.78 is 28.0. The quantitative estimate of drug-likeness (QED) is 0.137.